The Kier molecular flexibility index (Phi) is 5.84. The van der Waals surface area contributed by atoms with Crippen LogP contribution in [0.5, 0.6) is 11.5 Å². The van der Waals surface area contributed by atoms with E-state index < -0.39 is 0 Å². The molecule has 0 saturated heterocycles. The molecule has 0 aliphatic carbocycles. The van der Waals surface area contributed by atoms with Gasteiger partial charge in [0.2, 0.25) is 5.95 Å². The topological polar surface area (TPSA) is 128 Å². The second kappa shape index (κ2) is 8.30. The summed E-state index contributed by atoms with van der Waals surface area (Å²) in [6.45, 7) is 6.26. The van der Waals surface area contributed by atoms with Crippen molar-refractivity contribution in [1.82, 2.24) is 19.5 Å². The maximum atomic E-state index is 10.00. The Labute approximate surface area is 163 Å². The van der Waals surface area contributed by atoms with Gasteiger partial charge in [-0.3, -0.25) is 0 Å². The van der Waals surface area contributed by atoms with Crippen LogP contribution in [0.1, 0.15) is 38.8 Å². The van der Waals surface area contributed by atoms with Crippen molar-refractivity contribution in [2.75, 3.05) is 17.2 Å². The largest absolute Gasteiger partial charge is 0.508 e. The molecule has 0 saturated carbocycles. The number of aromatic nitrogens is 4. The van der Waals surface area contributed by atoms with E-state index in [-0.39, 0.29) is 36.7 Å². The number of aliphatic hydroxyl groups is 1. The maximum absolute atomic E-state index is 10.00. The number of fused-ring (bicyclic) bond motifs is 1. The molecule has 150 valence electrons. The number of anilines is 2. The minimum absolute atomic E-state index is 0.0265. The van der Waals surface area contributed by atoms with E-state index in [0.29, 0.717) is 28.5 Å². The number of benzene rings is 1. The van der Waals surface area contributed by atoms with Gasteiger partial charge in [0.15, 0.2) is 17.0 Å². The van der Waals surface area contributed by atoms with Crippen molar-refractivity contribution in [3.8, 4) is 11.5 Å². The smallest absolute Gasteiger partial charge is 0.227 e. The van der Waals surface area contributed by atoms with Crippen molar-refractivity contribution >= 4 is 22.9 Å². The second-order valence-corrected chi connectivity index (χ2v) is 6.91. The third-order valence-corrected chi connectivity index (χ3v) is 4.53. The molecule has 0 spiro atoms. The molecule has 0 radical (unpaired) electrons. The molecule has 3 rings (SSSR count). The van der Waals surface area contributed by atoms with Gasteiger partial charge in [-0.25, -0.2) is 4.98 Å². The number of aliphatic hydroxyl groups excluding tert-OH is 1. The summed E-state index contributed by atoms with van der Waals surface area (Å²) in [6, 6.07) is 4.36. The van der Waals surface area contributed by atoms with Crippen molar-refractivity contribution in [3.63, 3.8) is 0 Å². The lowest BCUT2D eigenvalue weighted by Crippen LogP contribution is -2.24. The Morgan fingerprint density at radius 2 is 1.96 bits per heavy atom. The van der Waals surface area contributed by atoms with Crippen LogP contribution in [0.4, 0.5) is 11.8 Å². The van der Waals surface area contributed by atoms with Gasteiger partial charge in [0, 0.05) is 18.2 Å². The summed E-state index contributed by atoms with van der Waals surface area (Å²) in [5.41, 5.74) is 1.81. The maximum Gasteiger partial charge on any atom is 0.227 e. The lowest BCUT2D eigenvalue weighted by molar-refractivity contribution is 0.271. The van der Waals surface area contributed by atoms with Crippen LogP contribution in [-0.4, -0.2) is 47.5 Å². The van der Waals surface area contributed by atoms with Crippen LogP contribution in [0, 0.1) is 0 Å². The first kappa shape index (κ1) is 19.7. The molecule has 5 N–H and O–H groups in total. The Bertz CT molecular complexity index is 952. The van der Waals surface area contributed by atoms with Crippen molar-refractivity contribution in [1.29, 1.82) is 0 Å². The molecule has 28 heavy (non-hydrogen) atoms. The molecule has 0 aliphatic rings. The Morgan fingerprint density at radius 1 is 1.18 bits per heavy atom. The van der Waals surface area contributed by atoms with Crippen LogP contribution >= 0.6 is 0 Å². The molecule has 0 bridgehead atoms. The van der Waals surface area contributed by atoms with E-state index in [2.05, 4.69) is 25.6 Å². The molecule has 1 aromatic carbocycles. The molecule has 2 aromatic heterocycles. The van der Waals surface area contributed by atoms with E-state index in [1.165, 1.54) is 18.2 Å². The van der Waals surface area contributed by atoms with E-state index in [1.54, 1.807) is 6.33 Å². The van der Waals surface area contributed by atoms with Crippen molar-refractivity contribution in [2.24, 2.45) is 0 Å². The summed E-state index contributed by atoms with van der Waals surface area (Å²) in [6.07, 6.45) is 2.44. The van der Waals surface area contributed by atoms with Gasteiger partial charge in [-0.15, -0.1) is 0 Å². The zero-order valence-electron chi connectivity index (χ0n) is 16.2. The first-order chi connectivity index (χ1) is 13.4. The quantitative estimate of drug-likeness (QED) is 0.374. The molecule has 1 atom stereocenters. The van der Waals surface area contributed by atoms with Crippen LogP contribution in [0.2, 0.25) is 0 Å². The Hall–Kier alpha value is -3.07. The number of phenols is 2. The molecule has 0 aliphatic heterocycles. The van der Waals surface area contributed by atoms with Gasteiger partial charge >= 0.3 is 0 Å². The fourth-order valence-electron chi connectivity index (χ4n) is 2.83. The van der Waals surface area contributed by atoms with Gasteiger partial charge < -0.3 is 30.5 Å². The summed E-state index contributed by atoms with van der Waals surface area (Å²) in [5, 5.41) is 35.4. The highest BCUT2D eigenvalue weighted by Crippen LogP contribution is 2.26. The normalized spacial score (nSPS) is 12.5. The van der Waals surface area contributed by atoms with Gasteiger partial charge in [0.05, 0.1) is 19.0 Å². The van der Waals surface area contributed by atoms with Gasteiger partial charge in [-0.05, 0) is 38.5 Å². The molecule has 9 nitrogen and oxygen atoms in total. The number of hydrogen-bond donors (Lipinski definition) is 5. The van der Waals surface area contributed by atoms with Crippen LogP contribution in [0.25, 0.3) is 11.2 Å². The number of aromatic hydroxyl groups is 2. The fraction of sp³-hybridized carbons (Fsp3) is 0.421. The van der Waals surface area contributed by atoms with Crippen LogP contribution in [-0.2, 0) is 6.54 Å². The van der Waals surface area contributed by atoms with Crippen LogP contribution in [0.15, 0.2) is 24.5 Å². The van der Waals surface area contributed by atoms with E-state index in [9.17, 15) is 15.3 Å². The summed E-state index contributed by atoms with van der Waals surface area (Å²) in [7, 11) is 0. The van der Waals surface area contributed by atoms with Crippen molar-refractivity contribution < 1.29 is 15.3 Å². The number of nitrogens with one attached hydrogen (secondary N) is 2. The number of phenolic OH excluding ortho intramolecular Hbond substituents is 2. The summed E-state index contributed by atoms with van der Waals surface area (Å²) >= 11 is 0. The van der Waals surface area contributed by atoms with E-state index in [4.69, 9.17) is 0 Å². The molecule has 0 unspecified atom stereocenters. The molecular weight excluding hydrogens is 360 g/mol. The minimum atomic E-state index is -0.157. The molecule has 3 aromatic rings. The molecule has 0 fully saturated rings. The van der Waals surface area contributed by atoms with Crippen LogP contribution < -0.4 is 10.6 Å². The summed E-state index contributed by atoms with van der Waals surface area (Å²) in [4.78, 5) is 13.5. The van der Waals surface area contributed by atoms with Crippen LogP contribution in [0.3, 0.4) is 0 Å². The lowest BCUT2D eigenvalue weighted by atomic mass is 10.2. The fourth-order valence-corrected chi connectivity index (χ4v) is 2.83. The first-order valence-electron chi connectivity index (χ1n) is 9.29. The highest BCUT2D eigenvalue weighted by Gasteiger charge is 2.17. The van der Waals surface area contributed by atoms with E-state index in [1.807, 2.05) is 25.3 Å². The molecule has 9 heteroatoms. The average molecular weight is 386 g/mol. The van der Waals surface area contributed by atoms with Gasteiger partial charge in [0.25, 0.3) is 0 Å². The second-order valence-electron chi connectivity index (χ2n) is 6.91. The number of nitrogens with zero attached hydrogens (tertiary/aromatic N) is 4. The summed E-state index contributed by atoms with van der Waals surface area (Å²) in [5.74, 6) is 1.04. The number of hydrogen-bond acceptors (Lipinski definition) is 8. The van der Waals surface area contributed by atoms with Gasteiger partial charge in [-0.1, -0.05) is 6.92 Å². The SMILES string of the molecule is CC[C@H](CO)Nc1nc(NCc2cc(O)ccc2O)c2ncn(C(C)C)c2n1. The predicted molar refractivity (Wildman–Crippen MR) is 108 cm³/mol. The standard InChI is InChI=1S/C19H26N6O3/c1-4-13(9-26)22-19-23-17(16-18(24-19)25(10-21-16)11(2)3)20-8-12-7-14(27)5-6-15(12)28/h5-7,10-11,13,26-28H,4,8-9H2,1-3H3,(H2,20,22,23,24)/t13-/m1/s1. The first-order valence-corrected chi connectivity index (χ1v) is 9.29. The lowest BCUT2D eigenvalue weighted by Gasteiger charge is -2.16. The van der Waals surface area contributed by atoms with E-state index >= 15 is 0 Å². The van der Waals surface area contributed by atoms with Gasteiger partial charge in [0.1, 0.15) is 11.5 Å². The van der Waals surface area contributed by atoms with E-state index in [0.717, 1.165) is 6.42 Å². The third-order valence-electron chi connectivity index (χ3n) is 4.53. The average Bonchev–Trinajstić information content (AvgIpc) is 3.11. The molecule has 2 heterocycles. The minimum Gasteiger partial charge on any atom is -0.508 e. The monoisotopic (exact) mass is 386 g/mol. The zero-order valence-corrected chi connectivity index (χ0v) is 16.2. The zero-order chi connectivity index (χ0) is 20.3. The Balaban J connectivity index is 1.98. The van der Waals surface area contributed by atoms with Crippen molar-refractivity contribution in [3.05, 3.63) is 30.1 Å². The Morgan fingerprint density at radius 3 is 2.64 bits per heavy atom. The number of imidazole rings is 1. The third kappa shape index (κ3) is 4.09. The predicted octanol–water partition coefficient (Wildman–Crippen LogP) is 2.61. The van der Waals surface area contributed by atoms with Gasteiger partial charge in [-0.2, -0.15) is 9.97 Å². The highest BCUT2D eigenvalue weighted by atomic mass is 16.3. The molecular formula is C19H26N6O3. The van der Waals surface area contributed by atoms with Crippen molar-refractivity contribution in [2.45, 2.75) is 45.8 Å². The number of rotatable bonds is 8. The summed E-state index contributed by atoms with van der Waals surface area (Å²) < 4.78 is 1.94. The highest BCUT2D eigenvalue weighted by molar-refractivity contribution is 5.84. The molecule has 0 amide bonds.